The lowest BCUT2D eigenvalue weighted by molar-refractivity contribution is 0.616. The maximum atomic E-state index is 13.2. The van der Waals surface area contributed by atoms with Crippen molar-refractivity contribution in [1.82, 2.24) is 5.32 Å². The first-order valence-electron chi connectivity index (χ1n) is 5.39. The molecule has 0 fully saturated rings. The predicted octanol–water partition coefficient (Wildman–Crippen LogP) is 3.90. The van der Waals surface area contributed by atoms with Crippen LogP contribution in [0.3, 0.4) is 0 Å². The van der Waals surface area contributed by atoms with Crippen LogP contribution >= 0.6 is 15.9 Å². The van der Waals surface area contributed by atoms with Crippen molar-refractivity contribution in [2.45, 2.75) is 6.04 Å². The molecule has 1 unspecified atom stereocenters. The molecule has 0 saturated heterocycles. The number of hydrogen-bond donors (Lipinski definition) is 1. The van der Waals surface area contributed by atoms with Crippen LogP contribution in [0, 0.1) is 5.82 Å². The van der Waals surface area contributed by atoms with Crippen LogP contribution in [0.2, 0.25) is 0 Å². The minimum Gasteiger partial charge on any atom is -0.309 e. The molecule has 0 aliphatic rings. The summed E-state index contributed by atoms with van der Waals surface area (Å²) < 4.78 is 14.3. The Kier molecular flexibility index (Phi) is 3.92. The molecule has 0 aliphatic carbocycles. The molecule has 1 N–H and O–H groups in total. The number of rotatable bonds is 3. The Labute approximate surface area is 109 Å². The fourth-order valence-corrected chi connectivity index (χ4v) is 2.41. The zero-order valence-electron chi connectivity index (χ0n) is 9.45. The SMILES string of the molecule is CNC(c1cccc(F)c1)c1ccccc1Br. The van der Waals surface area contributed by atoms with E-state index in [1.54, 1.807) is 12.1 Å². The van der Waals surface area contributed by atoms with Crippen LogP contribution in [0.1, 0.15) is 17.2 Å². The first-order valence-corrected chi connectivity index (χ1v) is 6.19. The van der Waals surface area contributed by atoms with Gasteiger partial charge in [0.05, 0.1) is 6.04 Å². The van der Waals surface area contributed by atoms with Crippen LogP contribution < -0.4 is 5.32 Å². The highest BCUT2D eigenvalue weighted by Gasteiger charge is 2.14. The van der Waals surface area contributed by atoms with E-state index in [4.69, 9.17) is 0 Å². The van der Waals surface area contributed by atoms with E-state index in [1.165, 1.54) is 6.07 Å². The summed E-state index contributed by atoms with van der Waals surface area (Å²) in [4.78, 5) is 0. The summed E-state index contributed by atoms with van der Waals surface area (Å²) in [5, 5.41) is 3.21. The predicted molar refractivity (Wildman–Crippen MR) is 71.4 cm³/mol. The van der Waals surface area contributed by atoms with E-state index in [9.17, 15) is 4.39 Å². The molecule has 0 aliphatic heterocycles. The maximum Gasteiger partial charge on any atom is 0.123 e. The van der Waals surface area contributed by atoms with Gasteiger partial charge in [-0.3, -0.25) is 0 Å². The van der Waals surface area contributed by atoms with E-state index in [-0.39, 0.29) is 11.9 Å². The normalized spacial score (nSPS) is 12.4. The lowest BCUT2D eigenvalue weighted by Gasteiger charge is -2.18. The Balaban J connectivity index is 2.44. The molecule has 1 atom stereocenters. The van der Waals surface area contributed by atoms with Crippen molar-refractivity contribution in [3.05, 3.63) is 69.9 Å². The second-order valence-corrected chi connectivity index (χ2v) is 4.65. The quantitative estimate of drug-likeness (QED) is 0.905. The average Bonchev–Trinajstić information content (AvgIpc) is 2.33. The molecule has 0 spiro atoms. The summed E-state index contributed by atoms with van der Waals surface area (Å²) >= 11 is 3.52. The molecule has 0 saturated carbocycles. The van der Waals surface area contributed by atoms with Gasteiger partial charge in [-0.15, -0.1) is 0 Å². The highest BCUT2D eigenvalue weighted by Crippen LogP contribution is 2.28. The fraction of sp³-hybridized carbons (Fsp3) is 0.143. The topological polar surface area (TPSA) is 12.0 Å². The van der Waals surface area contributed by atoms with Gasteiger partial charge in [0.2, 0.25) is 0 Å². The monoisotopic (exact) mass is 293 g/mol. The average molecular weight is 294 g/mol. The minimum absolute atomic E-state index is 0.0127. The van der Waals surface area contributed by atoms with Crippen molar-refractivity contribution in [3.8, 4) is 0 Å². The standard InChI is InChI=1S/C14H13BrFN/c1-17-14(10-5-4-6-11(16)9-10)12-7-2-3-8-13(12)15/h2-9,14,17H,1H3. The third-order valence-corrected chi connectivity index (χ3v) is 3.41. The van der Waals surface area contributed by atoms with Gasteiger partial charge >= 0.3 is 0 Å². The number of nitrogens with one attached hydrogen (secondary N) is 1. The van der Waals surface area contributed by atoms with E-state index in [1.807, 2.05) is 37.4 Å². The summed E-state index contributed by atoms with van der Waals surface area (Å²) in [6, 6.07) is 14.6. The van der Waals surface area contributed by atoms with Crippen molar-refractivity contribution in [1.29, 1.82) is 0 Å². The van der Waals surface area contributed by atoms with Crippen molar-refractivity contribution >= 4 is 15.9 Å². The molecule has 17 heavy (non-hydrogen) atoms. The third kappa shape index (κ3) is 2.73. The molecule has 2 aromatic rings. The molecule has 88 valence electrons. The van der Waals surface area contributed by atoms with Gasteiger partial charge in [-0.1, -0.05) is 46.3 Å². The zero-order valence-corrected chi connectivity index (χ0v) is 11.0. The Morgan fingerprint density at radius 2 is 1.88 bits per heavy atom. The van der Waals surface area contributed by atoms with Gasteiger partial charge in [0.25, 0.3) is 0 Å². The largest absolute Gasteiger partial charge is 0.309 e. The van der Waals surface area contributed by atoms with E-state index < -0.39 is 0 Å². The summed E-state index contributed by atoms with van der Waals surface area (Å²) in [6.45, 7) is 0. The van der Waals surface area contributed by atoms with Crippen LogP contribution in [-0.2, 0) is 0 Å². The van der Waals surface area contributed by atoms with Gasteiger partial charge in [0.15, 0.2) is 0 Å². The highest BCUT2D eigenvalue weighted by atomic mass is 79.9. The van der Waals surface area contributed by atoms with Gasteiger partial charge in [0, 0.05) is 4.47 Å². The molecule has 1 nitrogen and oxygen atoms in total. The van der Waals surface area contributed by atoms with Crippen molar-refractivity contribution < 1.29 is 4.39 Å². The summed E-state index contributed by atoms with van der Waals surface area (Å²) in [7, 11) is 1.87. The molecular weight excluding hydrogens is 281 g/mol. The van der Waals surface area contributed by atoms with Gasteiger partial charge in [0.1, 0.15) is 5.82 Å². The second-order valence-electron chi connectivity index (χ2n) is 3.80. The summed E-state index contributed by atoms with van der Waals surface area (Å²) in [6.07, 6.45) is 0. The van der Waals surface area contributed by atoms with Crippen LogP contribution in [0.4, 0.5) is 4.39 Å². The highest BCUT2D eigenvalue weighted by molar-refractivity contribution is 9.10. The molecule has 0 heterocycles. The minimum atomic E-state index is -0.213. The maximum absolute atomic E-state index is 13.2. The number of benzene rings is 2. The molecule has 0 aromatic heterocycles. The second kappa shape index (κ2) is 5.43. The van der Waals surface area contributed by atoms with Gasteiger partial charge in [-0.25, -0.2) is 4.39 Å². The van der Waals surface area contributed by atoms with Crippen LogP contribution in [0.25, 0.3) is 0 Å². The molecule has 0 radical (unpaired) electrons. The Hall–Kier alpha value is -1.19. The van der Waals surface area contributed by atoms with Crippen LogP contribution in [-0.4, -0.2) is 7.05 Å². The molecule has 2 aromatic carbocycles. The lowest BCUT2D eigenvalue weighted by atomic mass is 9.99. The fourth-order valence-electron chi connectivity index (χ4n) is 1.90. The number of halogens is 2. The van der Waals surface area contributed by atoms with Gasteiger partial charge in [-0.05, 0) is 36.4 Å². The van der Waals surface area contributed by atoms with Gasteiger partial charge < -0.3 is 5.32 Å². The van der Waals surface area contributed by atoms with Crippen molar-refractivity contribution in [3.63, 3.8) is 0 Å². The molecule has 2 rings (SSSR count). The van der Waals surface area contributed by atoms with E-state index in [0.717, 1.165) is 15.6 Å². The van der Waals surface area contributed by atoms with Gasteiger partial charge in [-0.2, -0.15) is 0 Å². The summed E-state index contributed by atoms with van der Waals surface area (Å²) in [5.41, 5.74) is 2.01. The molecular formula is C14H13BrFN. The van der Waals surface area contributed by atoms with Crippen molar-refractivity contribution in [2.24, 2.45) is 0 Å². The summed E-state index contributed by atoms with van der Waals surface area (Å²) in [5.74, 6) is -0.213. The van der Waals surface area contributed by atoms with Crippen LogP contribution in [0.15, 0.2) is 53.0 Å². The van der Waals surface area contributed by atoms with E-state index in [2.05, 4.69) is 21.2 Å². The zero-order chi connectivity index (χ0) is 12.3. The van der Waals surface area contributed by atoms with E-state index in [0.29, 0.717) is 0 Å². The van der Waals surface area contributed by atoms with Crippen molar-refractivity contribution in [2.75, 3.05) is 7.05 Å². The first kappa shape index (κ1) is 12.3. The third-order valence-electron chi connectivity index (χ3n) is 2.69. The smallest absolute Gasteiger partial charge is 0.123 e. The lowest BCUT2D eigenvalue weighted by Crippen LogP contribution is -2.18. The van der Waals surface area contributed by atoms with Crippen LogP contribution in [0.5, 0.6) is 0 Å². The molecule has 0 bridgehead atoms. The Morgan fingerprint density at radius 3 is 2.53 bits per heavy atom. The molecule has 3 heteroatoms. The van der Waals surface area contributed by atoms with E-state index >= 15 is 0 Å². The first-order chi connectivity index (χ1) is 8.22. The molecule has 0 amide bonds. The Morgan fingerprint density at radius 1 is 1.12 bits per heavy atom. The Bertz CT molecular complexity index is 513. The number of hydrogen-bond acceptors (Lipinski definition) is 1.